The van der Waals surface area contributed by atoms with Gasteiger partial charge in [-0.25, -0.2) is 13.1 Å². The van der Waals surface area contributed by atoms with E-state index in [4.69, 9.17) is 0 Å². The highest BCUT2D eigenvalue weighted by Crippen LogP contribution is 2.31. The molecule has 2 unspecified atom stereocenters. The van der Waals surface area contributed by atoms with Crippen molar-refractivity contribution >= 4 is 10.0 Å². The van der Waals surface area contributed by atoms with Crippen LogP contribution in [0.15, 0.2) is 0 Å². The van der Waals surface area contributed by atoms with Crippen molar-refractivity contribution < 1.29 is 8.42 Å². The predicted octanol–water partition coefficient (Wildman–Crippen LogP) is 1.75. The van der Waals surface area contributed by atoms with Gasteiger partial charge in [-0.3, -0.25) is 0 Å². The van der Waals surface area contributed by atoms with Crippen LogP contribution in [0.1, 0.15) is 39.0 Å². The molecule has 14 heavy (non-hydrogen) atoms. The SMILES string of the molecule is CCC1CCCC(CS(=O)(=O)NC)C1. The molecule has 3 nitrogen and oxygen atoms in total. The Labute approximate surface area is 87.3 Å². The lowest BCUT2D eigenvalue weighted by atomic mass is 9.81. The molecule has 0 saturated heterocycles. The van der Waals surface area contributed by atoms with E-state index >= 15 is 0 Å². The molecule has 0 aromatic rings. The molecule has 4 heteroatoms. The van der Waals surface area contributed by atoms with Crippen molar-refractivity contribution in [3.05, 3.63) is 0 Å². The van der Waals surface area contributed by atoms with Crippen molar-refractivity contribution in [2.75, 3.05) is 12.8 Å². The van der Waals surface area contributed by atoms with E-state index in [1.165, 1.54) is 26.3 Å². The summed E-state index contributed by atoms with van der Waals surface area (Å²) in [5.74, 6) is 1.45. The first-order valence-corrected chi connectivity index (χ1v) is 7.13. The average Bonchev–Trinajstić information content (AvgIpc) is 2.17. The van der Waals surface area contributed by atoms with Crippen LogP contribution in [0.5, 0.6) is 0 Å². The molecule has 1 N–H and O–H groups in total. The summed E-state index contributed by atoms with van der Waals surface area (Å²) in [6, 6.07) is 0. The molecule has 1 aliphatic carbocycles. The minimum atomic E-state index is -3.00. The van der Waals surface area contributed by atoms with Gasteiger partial charge in [-0.05, 0) is 31.7 Å². The third kappa shape index (κ3) is 3.58. The largest absolute Gasteiger partial charge is 0.218 e. The molecule has 1 rings (SSSR count). The lowest BCUT2D eigenvalue weighted by molar-refractivity contribution is 0.277. The van der Waals surface area contributed by atoms with E-state index in [1.54, 1.807) is 0 Å². The van der Waals surface area contributed by atoms with E-state index in [1.807, 2.05) is 0 Å². The van der Waals surface area contributed by atoms with E-state index in [0.29, 0.717) is 11.7 Å². The van der Waals surface area contributed by atoms with Crippen molar-refractivity contribution in [3.8, 4) is 0 Å². The minimum absolute atomic E-state index is 0.319. The number of sulfonamides is 1. The molecule has 84 valence electrons. The molecule has 0 amide bonds. The fraction of sp³-hybridized carbons (Fsp3) is 1.00. The van der Waals surface area contributed by atoms with Gasteiger partial charge >= 0.3 is 0 Å². The van der Waals surface area contributed by atoms with Gasteiger partial charge in [0.1, 0.15) is 0 Å². The molecule has 0 spiro atoms. The smallest absolute Gasteiger partial charge is 0.211 e. The van der Waals surface area contributed by atoms with Gasteiger partial charge < -0.3 is 0 Å². The molecular formula is C10H21NO2S. The lowest BCUT2D eigenvalue weighted by Crippen LogP contribution is -2.29. The van der Waals surface area contributed by atoms with E-state index in [9.17, 15) is 8.42 Å². The second kappa shape index (κ2) is 5.12. The van der Waals surface area contributed by atoms with E-state index in [0.717, 1.165) is 18.8 Å². The summed E-state index contributed by atoms with van der Waals surface area (Å²) in [5, 5.41) is 0. The Morgan fingerprint density at radius 1 is 1.29 bits per heavy atom. The monoisotopic (exact) mass is 219 g/mol. The third-order valence-electron chi connectivity index (χ3n) is 3.23. The quantitative estimate of drug-likeness (QED) is 0.783. The van der Waals surface area contributed by atoms with Crippen LogP contribution in [-0.4, -0.2) is 21.2 Å². The fourth-order valence-corrected chi connectivity index (χ4v) is 3.41. The Morgan fingerprint density at radius 3 is 2.50 bits per heavy atom. The minimum Gasteiger partial charge on any atom is -0.218 e. The Bertz CT molecular complexity index is 261. The van der Waals surface area contributed by atoms with Crippen molar-refractivity contribution in [2.24, 2.45) is 11.8 Å². The molecule has 2 atom stereocenters. The van der Waals surface area contributed by atoms with Crippen LogP contribution in [0.2, 0.25) is 0 Å². The van der Waals surface area contributed by atoms with Crippen LogP contribution in [0.4, 0.5) is 0 Å². The Hall–Kier alpha value is -0.0900. The predicted molar refractivity (Wildman–Crippen MR) is 58.6 cm³/mol. The third-order valence-corrected chi connectivity index (χ3v) is 4.77. The highest BCUT2D eigenvalue weighted by atomic mass is 32.2. The summed E-state index contributed by atoms with van der Waals surface area (Å²) in [7, 11) is -1.51. The zero-order chi connectivity index (χ0) is 10.6. The topological polar surface area (TPSA) is 46.2 Å². The molecule has 0 aliphatic heterocycles. The molecular weight excluding hydrogens is 198 g/mol. The first-order valence-electron chi connectivity index (χ1n) is 5.48. The fourth-order valence-electron chi connectivity index (χ4n) is 2.32. The van der Waals surface area contributed by atoms with Gasteiger partial charge in [0.2, 0.25) is 10.0 Å². The van der Waals surface area contributed by atoms with Crippen LogP contribution < -0.4 is 4.72 Å². The number of hydrogen-bond donors (Lipinski definition) is 1. The van der Waals surface area contributed by atoms with Gasteiger partial charge in [-0.2, -0.15) is 0 Å². The molecule has 1 fully saturated rings. The van der Waals surface area contributed by atoms with Crippen LogP contribution in [0.3, 0.4) is 0 Å². The number of nitrogens with one attached hydrogen (secondary N) is 1. The summed E-state index contributed by atoms with van der Waals surface area (Å²) in [6.07, 6.45) is 5.85. The molecule has 0 radical (unpaired) electrons. The standard InChI is InChI=1S/C10H21NO2S/c1-3-9-5-4-6-10(7-9)8-14(12,13)11-2/h9-11H,3-8H2,1-2H3. The number of rotatable bonds is 4. The van der Waals surface area contributed by atoms with Crippen LogP contribution in [0.25, 0.3) is 0 Å². The van der Waals surface area contributed by atoms with Crippen molar-refractivity contribution in [3.63, 3.8) is 0 Å². The Kier molecular flexibility index (Phi) is 4.38. The molecule has 0 aromatic heterocycles. The summed E-state index contributed by atoms with van der Waals surface area (Å²) >= 11 is 0. The van der Waals surface area contributed by atoms with Gasteiger partial charge in [0, 0.05) is 0 Å². The van der Waals surface area contributed by atoms with Gasteiger partial charge in [-0.15, -0.1) is 0 Å². The Balaban J connectivity index is 2.45. The molecule has 0 aromatic carbocycles. The molecule has 0 bridgehead atoms. The summed E-state index contributed by atoms with van der Waals surface area (Å²) in [4.78, 5) is 0. The van der Waals surface area contributed by atoms with E-state index < -0.39 is 10.0 Å². The highest BCUT2D eigenvalue weighted by Gasteiger charge is 2.24. The first kappa shape index (κ1) is 12.0. The van der Waals surface area contributed by atoms with Crippen LogP contribution >= 0.6 is 0 Å². The summed E-state index contributed by atoms with van der Waals surface area (Å²) in [6.45, 7) is 2.19. The average molecular weight is 219 g/mol. The molecule has 1 aliphatic rings. The highest BCUT2D eigenvalue weighted by molar-refractivity contribution is 7.89. The maximum absolute atomic E-state index is 11.4. The van der Waals surface area contributed by atoms with E-state index in [-0.39, 0.29) is 0 Å². The first-order chi connectivity index (χ1) is 6.57. The Morgan fingerprint density at radius 2 is 1.93 bits per heavy atom. The van der Waals surface area contributed by atoms with Gasteiger partial charge in [0.25, 0.3) is 0 Å². The van der Waals surface area contributed by atoms with Gasteiger partial charge in [0.15, 0.2) is 0 Å². The lowest BCUT2D eigenvalue weighted by Gasteiger charge is -2.27. The number of hydrogen-bond acceptors (Lipinski definition) is 2. The second-order valence-electron chi connectivity index (χ2n) is 4.29. The zero-order valence-corrected chi connectivity index (χ0v) is 9.94. The van der Waals surface area contributed by atoms with Gasteiger partial charge in [-0.1, -0.05) is 26.2 Å². The second-order valence-corrected chi connectivity index (χ2v) is 6.26. The van der Waals surface area contributed by atoms with Crippen LogP contribution in [-0.2, 0) is 10.0 Å². The molecule has 0 heterocycles. The van der Waals surface area contributed by atoms with Gasteiger partial charge in [0.05, 0.1) is 5.75 Å². The zero-order valence-electron chi connectivity index (χ0n) is 9.12. The molecule has 1 saturated carbocycles. The van der Waals surface area contributed by atoms with Crippen molar-refractivity contribution in [1.29, 1.82) is 0 Å². The van der Waals surface area contributed by atoms with E-state index in [2.05, 4.69) is 11.6 Å². The van der Waals surface area contributed by atoms with Crippen molar-refractivity contribution in [1.82, 2.24) is 4.72 Å². The summed E-state index contributed by atoms with van der Waals surface area (Å²) in [5.41, 5.74) is 0. The maximum Gasteiger partial charge on any atom is 0.211 e. The maximum atomic E-state index is 11.4. The summed E-state index contributed by atoms with van der Waals surface area (Å²) < 4.78 is 25.1. The van der Waals surface area contributed by atoms with Crippen LogP contribution in [0, 0.1) is 11.8 Å². The normalized spacial score (nSPS) is 29.0. The van der Waals surface area contributed by atoms with Crippen molar-refractivity contribution in [2.45, 2.75) is 39.0 Å².